The van der Waals surface area contributed by atoms with Crippen molar-refractivity contribution in [2.75, 3.05) is 32.5 Å². The van der Waals surface area contributed by atoms with E-state index in [0.29, 0.717) is 34.7 Å². The third kappa shape index (κ3) is 4.71. The second kappa shape index (κ2) is 9.83. The maximum atomic E-state index is 12.9. The monoisotopic (exact) mass is 502 g/mol. The third-order valence-electron chi connectivity index (χ3n) is 6.06. The van der Waals surface area contributed by atoms with Crippen LogP contribution < -0.4 is 11.4 Å². The number of aromatic nitrogens is 4. The Balaban J connectivity index is 1.44. The number of benzene rings is 1. The Hall–Kier alpha value is -2.72. The zero-order chi connectivity index (χ0) is 22.7. The highest BCUT2D eigenvalue weighted by molar-refractivity contribution is 9.10. The first kappa shape index (κ1) is 22.5. The van der Waals surface area contributed by atoms with Crippen LogP contribution in [-0.4, -0.2) is 56.8 Å². The van der Waals surface area contributed by atoms with Crippen molar-refractivity contribution in [3.05, 3.63) is 45.3 Å². The molecule has 0 bridgehead atoms. The number of fused-ring (bicyclic) bond motifs is 1. The molecule has 3 heterocycles. The van der Waals surface area contributed by atoms with Crippen LogP contribution in [-0.2, 0) is 16.1 Å². The van der Waals surface area contributed by atoms with E-state index in [1.54, 1.807) is 0 Å². The van der Waals surface area contributed by atoms with Gasteiger partial charge in [-0.15, -0.1) is 5.10 Å². The molecular weight excluding hydrogens is 476 g/mol. The predicted molar refractivity (Wildman–Crippen MR) is 125 cm³/mol. The molecule has 0 aliphatic carbocycles. The van der Waals surface area contributed by atoms with Gasteiger partial charge in [0.25, 0.3) is 0 Å². The fraction of sp³-hybridized carbons (Fsp3) is 0.455. The van der Waals surface area contributed by atoms with E-state index in [1.165, 1.54) is 16.2 Å². The summed E-state index contributed by atoms with van der Waals surface area (Å²) in [7, 11) is 1.42. The average molecular weight is 503 g/mol. The van der Waals surface area contributed by atoms with Gasteiger partial charge in [-0.2, -0.15) is 0 Å². The van der Waals surface area contributed by atoms with Crippen LogP contribution in [0.25, 0.3) is 16.9 Å². The van der Waals surface area contributed by atoms with E-state index in [0.717, 1.165) is 44.5 Å². The van der Waals surface area contributed by atoms with E-state index in [1.807, 2.05) is 30.3 Å². The summed E-state index contributed by atoms with van der Waals surface area (Å²) in [5.74, 6) is 0.464. The van der Waals surface area contributed by atoms with E-state index in [9.17, 15) is 9.59 Å². The van der Waals surface area contributed by atoms with Gasteiger partial charge in [-0.1, -0.05) is 30.3 Å². The van der Waals surface area contributed by atoms with Gasteiger partial charge in [0.2, 0.25) is 5.95 Å². The van der Waals surface area contributed by atoms with Crippen molar-refractivity contribution in [3.8, 4) is 11.3 Å². The number of piperidine rings is 1. The summed E-state index contributed by atoms with van der Waals surface area (Å²) in [5, 5.41) is 4.55. The zero-order valence-corrected chi connectivity index (χ0v) is 19.6. The highest BCUT2D eigenvalue weighted by Crippen LogP contribution is 2.30. The largest absolute Gasteiger partial charge is 0.469 e. The summed E-state index contributed by atoms with van der Waals surface area (Å²) in [6.45, 7) is 3.16. The first-order valence-electron chi connectivity index (χ1n) is 10.8. The molecule has 1 aliphatic rings. The molecule has 0 amide bonds. The maximum absolute atomic E-state index is 12.9. The summed E-state index contributed by atoms with van der Waals surface area (Å²) in [6.07, 6.45) is 3.36. The number of nitrogen functional groups attached to an aromatic ring is 1. The number of hydrogen-bond acceptors (Lipinski definition) is 7. The number of carbonyl (C=O) groups is 1. The summed E-state index contributed by atoms with van der Waals surface area (Å²) < 4.78 is 8.19. The predicted octanol–water partition coefficient (Wildman–Crippen LogP) is 2.57. The van der Waals surface area contributed by atoms with Gasteiger partial charge in [-0.3, -0.25) is 4.79 Å². The molecule has 1 aliphatic heterocycles. The number of ether oxygens (including phenoxy) is 1. The molecule has 4 rings (SSSR count). The lowest BCUT2D eigenvalue weighted by Gasteiger charge is -2.31. The van der Waals surface area contributed by atoms with Crippen molar-refractivity contribution in [3.63, 3.8) is 0 Å². The van der Waals surface area contributed by atoms with Crippen LogP contribution >= 0.6 is 15.9 Å². The van der Waals surface area contributed by atoms with Gasteiger partial charge in [0.05, 0.1) is 23.7 Å². The zero-order valence-electron chi connectivity index (χ0n) is 18.0. The van der Waals surface area contributed by atoms with Gasteiger partial charge in [-0.25, -0.2) is 18.9 Å². The van der Waals surface area contributed by atoms with E-state index < -0.39 is 0 Å². The number of nitrogens with two attached hydrogens (primary N) is 1. The van der Waals surface area contributed by atoms with E-state index in [4.69, 9.17) is 10.5 Å². The lowest BCUT2D eigenvalue weighted by Crippen LogP contribution is -2.36. The fourth-order valence-corrected chi connectivity index (χ4v) is 4.74. The normalized spacial score (nSPS) is 15.3. The Kier molecular flexibility index (Phi) is 6.90. The molecule has 0 unspecified atom stereocenters. The molecule has 0 radical (unpaired) electrons. The first-order chi connectivity index (χ1) is 15.5. The van der Waals surface area contributed by atoms with Crippen molar-refractivity contribution in [2.24, 2.45) is 5.92 Å². The fourth-order valence-electron chi connectivity index (χ4n) is 4.16. The molecule has 1 saturated heterocycles. The smallest absolute Gasteiger partial charge is 0.353 e. The number of carbonyl (C=O) groups excluding carboxylic acids is 1. The second-order valence-corrected chi connectivity index (χ2v) is 8.86. The third-order valence-corrected chi connectivity index (χ3v) is 6.79. The molecule has 32 heavy (non-hydrogen) atoms. The Bertz CT molecular complexity index is 1150. The molecule has 2 N–H and O–H groups in total. The molecule has 9 nitrogen and oxygen atoms in total. The number of hydrogen-bond donors (Lipinski definition) is 1. The molecule has 0 saturated carbocycles. The number of nitrogens with zero attached hydrogens (tertiary/aromatic N) is 5. The maximum Gasteiger partial charge on any atom is 0.353 e. The van der Waals surface area contributed by atoms with E-state index >= 15 is 0 Å². The molecule has 10 heteroatoms. The molecule has 3 aromatic rings. The van der Waals surface area contributed by atoms with Crippen molar-refractivity contribution >= 4 is 33.5 Å². The lowest BCUT2D eigenvalue weighted by atomic mass is 9.93. The van der Waals surface area contributed by atoms with Gasteiger partial charge < -0.3 is 15.4 Å². The highest BCUT2D eigenvalue weighted by Gasteiger charge is 2.22. The van der Waals surface area contributed by atoms with Crippen molar-refractivity contribution in [2.45, 2.75) is 32.2 Å². The molecule has 1 fully saturated rings. The van der Waals surface area contributed by atoms with Crippen molar-refractivity contribution in [1.29, 1.82) is 0 Å². The number of halogens is 1. The van der Waals surface area contributed by atoms with Crippen LogP contribution in [0, 0.1) is 5.92 Å². The van der Waals surface area contributed by atoms with Crippen LogP contribution in [0.15, 0.2) is 39.6 Å². The SMILES string of the molecule is COC(=O)CCN1CCC(CCn2nc3c(Br)c(-c4ccccc4)nc(N)n3c2=O)CC1. The summed E-state index contributed by atoms with van der Waals surface area (Å²) in [4.78, 5) is 31.0. The average Bonchev–Trinajstić information content (AvgIpc) is 3.16. The Morgan fingerprint density at radius 1 is 1.22 bits per heavy atom. The van der Waals surface area contributed by atoms with Crippen LogP contribution in [0.2, 0.25) is 0 Å². The lowest BCUT2D eigenvalue weighted by molar-refractivity contribution is -0.141. The van der Waals surface area contributed by atoms with Crippen molar-refractivity contribution in [1.82, 2.24) is 24.1 Å². The topological polar surface area (TPSA) is 108 Å². The van der Waals surface area contributed by atoms with Gasteiger partial charge in [0.15, 0.2) is 5.65 Å². The number of anilines is 1. The molecule has 2 aromatic heterocycles. The van der Waals surface area contributed by atoms with E-state index in [-0.39, 0.29) is 17.6 Å². The minimum absolute atomic E-state index is 0.122. The Labute approximate surface area is 194 Å². The molecule has 0 atom stereocenters. The van der Waals surface area contributed by atoms with E-state index in [2.05, 4.69) is 30.9 Å². The van der Waals surface area contributed by atoms with Crippen LogP contribution in [0.4, 0.5) is 5.95 Å². The molecular formula is C22H27BrN6O3. The number of esters is 1. The van der Waals surface area contributed by atoms with Gasteiger partial charge >= 0.3 is 11.7 Å². The second-order valence-electron chi connectivity index (χ2n) is 8.06. The van der Waals surface area contributed by atoms with Gasteiger partial charge in [-0.05, 0) is 54.2 Å². The molecule has 0 spiro atoms. The number of rotatable bonds is 7. The summed E-state index contributed by atoms with van der Waals surface area (Å²) in [5.41, 5.74) is 7.88. The Morgan fingerprint density at radius 2 is 1.94 bits per heavy atom. The van der Waals surface area contributed by atoms with Crippen LogP contribution in [0.1, 0.15) is 25.7 Å². The Morgan fingerprint density at radius 3 is 2.62 bits per heavy atom. The summed E-state index contributed by atoms with van der Waals surface area (Å²) >= 11 is 3.57. The number of likely N-dealkylation sites (tertiary alicyclic amines) is 1. The molecule has 170 valence electrons. The number of methoxy groups -OCH3 is 1. The van der Waals surface area contributed by atoms with Crippen LogP contribution in [0.3, 0.4) is 0 Å². The van der Waals surface area contributed by atoms with Crippen LogP contribution in [0.5, 0.6) is 0 Å². The summed E-state index contributed by atoms with van der Waals surface area (Å²) in [6, 6.07) is 9.66. The van der Waals surface area contributed by atoms with Gasteiger partial charge in [0.1, 0.15) is 0 Å². The first-order valence-corrected chi connectivity index (χ1v) is 11.6. The highest BCUT2D eigenvalue weighted by atomic mass is 79.9. The standard InChI is InChI=1S/C22H27BrN6O3/c1-32-17(30)10-13-27-11-7-15(8-12-27)9-14-28-22(31)29-20(26-28)18(23)19(25-21(29)24)16-5-3-2-4-6-16/h2-6,15H,7-14H2,1H3,(H2,24,25). The molecule has 1 aromatic carbocycles. The minimum Gasteiger partial charge on any atom is -0.469 e. The van der Waals surface area contributed by atoms with Crippen molar-refractivity contribution < 1.29 is 9.53 Å². The minimum atomic E-state index is -0.277. The van der Waals surface area contributed by atoms with Gasteiger partial charge in [0, 0.05) is 18.7 Å². The number of aryl methyl sites for hydroxylation is 1. The quantitative estimate of drug-likeness (QED) is 0.494.